The van der Waals surface area contributed by atoms with E-state index in [0.29, 0.717) is 5.02 Å². The molecule has 0 saturated carbocycles. The first-order chi connectivity index (χ1) is 6.50. The molecule has 0 unspecified atom stereocenters. The van der Waals surface area contributed by atoms with Gasteiger partial charge in [-0.3, -0.25) is 4.79 Å². The molecule has 1 atom stereocenters. The van der Waals surface area contributed by atoms with Gasteiger partial charge >= 0.3 is 5.97 Å². The van der Waals surface area contributed by atoms with Crippen LogP contribution in [0.2, 0.25) is 5.02 Å². The van der Waals surface area contributed by atoms with Crippen LogP contribution in [-0.4, -0.2) is 17.1 Å². The highest BCUT2D eigenvalue weighted by Crippen LogP contribution is 2.19. The maximum absolute atomic E-state index is 10.5. The molecule has 0 aliphatic rings. The molecular weight excluding hydrogens is 352 g/mol. The quantitative estimate of drug-likeness (QED) is 0.812. The Kier molecular flexibility index (Phi) is 6.51. The van der Waals surface area contributed by atoms with E-state index in [2.05, 4.69) is 22.6 Å². The Hall–Kier alpha value is -0.0400. The van der Waals surface area contributed by atoms with Crippen LogP contribution in [-0.2, 0) is 11.2 Å². The minimum Gasteiger partial charge on any atom is -0.480 e. The molecule has 0 heterocycles. The highest BCUT2D eigenvalue weighted by atomic mass is 127. The molecule has 0 amide bonds. The van der Waals surface area contributed by atoms with Crippen molar-refractivity contribution in [2.75, 3.05) is 0 Å². The van der Waals surface area contributed by atoms with Crippen LogP contribution in [0.5, 0.6) is 0 Å². The van der Waals surface area contributed by atoms with Crippen molar-refractivity contribution < 1.29 is 9.90 Å². The van der Waals surface area contributed by atoms with Crippen molar-refractivity contribution in [1.29, 1.82) is 0 Å². The monoisotopic (exact) mass is 361 g/mol. The molecule has 84 valence electrons. The van der Waals surface area contributed by atoms with E-state index in [1.807, 2.05) is 12.1 Å². The third kappa shape index (κ3) is 4.55. The Morgan fingerprint density at radius 3 is 2.73 bits per heavy atom. The van der Waals surface area contributed by atoms with Gasteiger partial charge in [0, 0.05) is 8.59 Å². The lowest BCUT2D eigenvalue weighted by Gasteiger charge is -2.08. The predicted molar refractivity (Wildman–Crippen MR) is 70.7 cm³/mol. The number of nitrogens with two attached hydrogens (primary N) is 1. The normalized spacial score (nSPS) is 11.7. The minimum atomic E-state index is -1.01. The van der Waals surface area contributed by atoms with Crippen LogP contribution in [0.4, 0.5) is 0 Å². The van der Waals surface area contributed by atoms with E-state index < -0.39 is 12.0 Å². The van der Waals surface area contributed by atoms with Crippen molar-refractivity contribution in [3.8, 4) is 0 Å². The zero-order valence-corrected chi connectivity index (χ0v) is 11.3. The smallest absolute Gasteiger partial charge is 0.320 e. The van der Waals surface area contributed by atoms with Gasteiger partial charge in [0.15, 0.2) is 0 Å². The summed E-state index contributed by atoms with van der Waals surface area (Å²) in [4.78, 5) is 10.5. The SMILES string of the molecule is Cl.N[C@@H](Cc1cc(I)ccc1Cl)C(=O)O. The van der Waals surface area contributed by atoms with E-state index in [1.165, 1.54) is 0 Å². The largest absolute Gasteiger partial charge is 0.480 e. The number of benzene rings is 1. The van der Waals surface area contributed by atoms with E-state index in [4.69, 9.17) is 22.4 Å². The summed E-state index contributed by atoms with van der Waals surface area (Å²) in [5.74, 6) is -1.01. The lowest BCUT2D eigenvalue weighted by molar-refractivity contribution is -0.138. The highest BCUT2D eigenvalue weighted by molar-refractivity contribution is 14.1. The lowest BCUT2D eigenvalue weighted by Crippen LogP contribution is -2.32. The number of aliphatic carboxylic acids is 1. The summed E-state index contributed by atoms with van der Waals surface area (Å²) in [5.41, 5.74) is 6.18. The molecule has 0 aliphatic carbocycles. The molecule has 1 rings (SSSR count). The van der Waals surface area contributed by atoms with Gasteiger partial charge < -0.3 is 10.8 Å². The summed E-state index contributed by atoms with van der Waals surface area (Å²) in [6.45, 7) is 0. The summed E-state index contributed by atoms with van der Waals surface area (Å²) in [7, 11) is 0. The molecule has 0 aliphatic heterocycles. The first-order valence-electron chi connectivity index (χ1n) is 3.93. The molecule has 0 aromatic heterocycles. The zero-order chi connectivity index (χ0) is 10.7. The van der Waals surface area contributed by atoms with Crippen LogP contribution in [0.15, 0.2) is 18.2 Å². The number of rotatable bonds is 3. The standard InChI is InChI=1S/C9H9ClINO2.ClH/c10-7-2-1-6(11)3-5(7)4-8(12)9(13)14;/h1-3,8H,4,12H2,(H,13,14);1H/t8-;/m0./s1. The maximum Gasteiger partial charge on any atom is 0.320 e. The number of hydrogen-bond acceptors (Lipinski definition) is 2. The second kappa shape index (κ2) is 6.52. The third-order valence-electron chi connectivity index (χ3n) is 1.76. The van der Waals surface area contributed by atoms with Crippen LogP contribution in [0.25, 0.3) is 0 Å². The van der Waals surface area contributed by atoms with E-state index in [0.717, 1.165) is 9.13 Å². The van der Waals surface area contributed by atoms with Crippen molar-refractivity contribution >= 4 is 52.6 Å². The van der Waals surface area contributed by atoms with E-state index in [1.54, 1.807) is 6.07 Å². The van der Waals surface area contributed by atoms with Crippen LogP contribution in [0.3, 0.4) is 0 Å². The average molecular weight is 362 g/mol. The molecule has 3 N–H and O–H groups in total. The first-order valence-corrected chi connectivity index (χ1v) is 5.38. The molecule has 1 aromatic carbocycles. The lowest BCUT2D eigenvalue weighted by atomic mass is 10.1. The molecule has 0 saturated heterocycles. The summed E-state index contributed by atoms with van der Waals surface area (Å²) in [6.07, 6.45) is 0.255. The fraction of sp³-hybridized carbons (Fsp3) is 0.222. The van der Waals surface area contributed by atoms with Gasteiger partial charge in [0.2, 0.25) is 0 Å². The topological polar surface area (TPSA) is 63.3 Å². The Morgan fingerprint density at radius 1 is 1.60 bits per heavy atom. The maximum atomic E-state index is 10.5. The Bertz CT molecular complexity index is 360. The van der Waals surface area contributed by atoms with Crippen LogP contribution < -0.4 is 5.73 Å². The summed E-state index contributed by atoms with van der Waals surface area (Å²) in [6, 6.07) is 4.54. The van der Waals surface area contributed by atoms with Gasteiger partial charge in [0.05, 0.1) is 0 Å². The molecule has 1 aromatic rings. The van der Waals surface area contributed by atoms with E-state index >= 15 is 0 Å². The van der Waals surface area contributed by atoms with E-state index in [9.17, 15) is 4.79 Å². The second-order valence-corrected chi connectivity index (χ2v) is 4.54. The zero-order valence-electron chi connectivity index (χ0n) is 7.61. The third-order valence-corrected chi connectivity index (χ3v) is 2.80. The molecule has 0 spiro atoms. The van der Waals surface area contributed by atoms with Crippen molar-refractivity contribution in [3.05, 3.63) is 32.4 Å². The fourth-order valence-electron chi connectivity index (χ4n) is 1.02. The second-order valence-electron chi connectivity index (χ2n) is 2.88. The molecule has 0 radical (unpaired) electrons. The van der Waals surface area contributed by atoms with Crippen molar-refractivity contribution in [2.24, 2.45) is 5.73 Å². The number of hydrogen-bond donors (Lipinski definition) is 2. The Labute approximate surface area is 113 Å². The molecular formula is C9H10Cl2INO2. The van der Waals surface area contributed by atoms with Gasteiger partial charge in [-0.2, -0.15) is 0 Å². The van der Waals surface area contributed by atoms with Crippen LogP contribution in [0, 0.1) is 3.57 Å². The summed E-state index contributed by atoms with van der Waals surface area (Å²) in [5, 5.41) is 9.19. The molecule has 15 heavy (non-hydrogen) atoms. The average Bonchev–Trinajstić information content (AvgIpc) is 2.11. The van der Waals surface area contributed by atoms with Gasteiger partial charge in [-0.15, -0.1) is 12.4 Å². The van der Waals surface area contributed by atoms with E-state index in [-0.39, 0.29) is 18.8 Å². The van der Waals surface area contributed by atoms with Crippen molar-refractivity contribution in [2.45, 2.75) is 12.5 Å². The van der Waals surface area contributed by atoms with Crippen LogP contribution >= 0.6 is 46.6 Å². The number of carbonyl (C=O) groups is 1. The van der Waals surface area contributed by atoms with Gasteiger partial charge in [0.25, 0.3) is 0 Å². The van der Waals surface area contributed by atoms with Crippen molar-refractivity contribution in [1.82, 2.24) is 0 Å². The van der Waals surface area contributed by atoms with Gasteiger partial charge in [-0.1, -0.05) is 11.6 Å². The van der Waals surface area contributed by atoms with Crippen LogP contribution in [0.1, 0.15) is 5.56 Å². The first kappa shape index (κ1) is 15.0. The molecule has 0 fully saturated rings. The van der Waals surface area contributed by atoms with Gasteiger partial charge in [-0.05, 0) is 52.8 Å². The molecule has 0 bridgehead atoms. The fourth-order valence-corrected chi connectivity index (χ4v) is 1.77. The number of carboxylic acids is 1. The minimum absolute atomic E-state index is 0. The summed E-state index contributed by atoms with van der Waals surface area (Å²) < 4.78 is 1.01. The highest BCUT2D eigenvalue weighted by Gasteiger charge is 2.13. The van der Waals surface area contributed by atoms with Gasteiger partial charge in [0.1, 0.15) is 6.04 Å². The molecule has 6 heteroatoms. The Balaban J connectivity index is 0.00000196. The van der Waals surface area contributed by atoms with Gasteiger partial charge in [-0.25, -0.2) is 0 Å². The predicted octanol–water partition coefficient (Wildman–Crippen LogP) is 2.32. The Morgan fingerprint density at radius 2 is 2.20 bits per heavy atom. The summed E-state index contributed by atoms with van der Waals surface area (Å²) >= 11 is 8.03. The molecule has 3 nitrogen and oxygen atoms in total. The van der Waals surface area contributed by atoms with Crippen molar-refractivity contribution in [3.63, 3.8) is 0 Å². The number of halogens is 3. The number of carboxylic acid groups (broad SMARTS) is 1.